The minimum absolute atomic E-state index is 0.0961. The second-order valence-corrected chi connectivity index (χ2v) is 5.08. The molecule has 0 radical (unpaired) electrons. The van der Waals surface area contributed by atoms with Crippen molar-refractivity contribution in [1.29, 1.82) is 0 Å². The number of likely N-dealkylation sites (N-methyl/N-ethyl adjacent to an activating group) is 1. The molecule has 0 heterocycles. The van der Waals surface area contributed by atoms with E-state index in [2.05, 4.69) is 24.1 Å². The average Bonchev–Trinajstić information content (AvgIpc) is 2.40. The van der Waals surface area contributed by atoms with E-state index in [1.54, 1.807) is 0 Å². The maximum atomic E-state index is 12.1. The van der Waals surface area contributed by atoms with Gasteiger partial charge in [-0.1, -0.05) is 20.8 Å². The highest BCUT2D eigenvalue weighted by molar-refractivity contribution is 5.81. The lowest BCUT2D eigenvalue weighted by molar-refractivity contribution is -0.151. The van der Waals surface area contributed by atoms with Crippen LogP contribution in [0.5, 0.6) is 0 Å². The van der Waals surface area contributed by atoms with Gasteiger partial charge in [0.2, 0.25) is 0 Å². The van der Waals surface area contributed by atoms with Crippen LogP contribution in [-0.4, -0.2) is 49.2 Å². The fraction of sp³-hybridized carbons (Fsp3) is 0.929. The highest BCUT2D eigenvalue weighted by atomic mass is 16.5. The first kappa shape index (κ1) is 15.4. The monoisotopic (exact) mass is 256 g/mol. The lowest BCUT2D eigenvalue weighted by Gasteiger charge is -2.43. The number of hydrogen-bond acceptors (Lipinski definition) is 4. The number of nitrogens with zero attached hydrogens (tertiary/aromatic N) is 1. The van der Waals surface area contributed by atoms with Crippen molar-refractivity contribution < 1.29 is 9.53 Å². The zero-order chi connectivity index (χ0) is 13.6. The smallest absolute Gasteiger partial charge is 0.326 e. The molecule has 1 fully saturated rings. The van der Waals surface area contributed by atoms with Crippen molar-refractivity contribution in [3.05, 3.63) is 0 Å². The van der Waals surface area contributed by atoms with Crippen LogP contribution in [0.4, 0.5) is 0 Å². The molecule has 2 atom stereocenters. The summed E-state index contributed by atoms with van der Waals surface area (Å²) in [7, 11) is 1.49. The second kappa shape index (κ2) is 7.10. The Morgan fingerprint density at radius 1 is 1.39 bits per heavy atom. The van der Waals surface area contributed by atoms with Crippen LogP contribution in [0.25, 0.3) is 0 Å². The van der Waals surface area contributed by atoms with Gasteiger partial charge < -0.3 is 15.0 Å². The van der Waals surface area contributed by atoms with Gasteiger partial charge in [-0.2, -0.15) is 0 Å². The summed E-state index contributed by atoms with van der Waals surface area (Å²) in [4.78, 5) is 14.6. The molecule has 0 amide bonds. The zero-order valence-corrected chi connectivity index (χ0v) is 12.3. The van der Waals surface area contributed by atoms with Crippen LogP contribution >= 0.6 is 0 Å². The number of rotatable bonds is 6. The Balaban J connectivity index is 2.82. The van der Waals surface area contributed by atoms with Crippen LogP contribution in [0, 0.1) is 0 Å². The summed E-state index contributed by atoms with van der Waals surface area (Å²) in [6, 6.07) is 0.492. The number of nitrogens with one attached hydrogen (secondary N) is 1. The van der Waals surface area contributed by atoms with Gasteiger partial charge in [-0.05, 0) is 45.3 Å². The fourth-order valence-corrected chi connectivity index (χ4v) is 3.25. The highest BCUT2D eigenvalue weighted by Gasteiger charge is 2.44. The third kappa shape index (κ3) is 3.23. The highest BCUT2D eigenvalue weighted by Crippen LogP contribution is 2.32. The maximum Gasteiger partial charge on any atom is 0.326 e. The zero-order valence-electron chi connectivity index (χ0n) is 12.3. The van der Waals surface area contributed by atoms with E-state index in [-0.39, 0.29) is 5.97 Å². The van der Waals surface area contributed by atoms with Crippen LogP contribution in [-0.2, 0) is 9.53 Å². The van der Waals surface area contributed by atoms with Gasteiger partial charge in [0.05, 0.1) is 7.11 Å². The van der Waals surface area contributed by atoms with Gasteiger partial charge in [-0.25, -0.2) is 0 Å². The summed E-state index contributed by atoms with van der Waals surface area (Å²) in [5, 5.41) is 3.38. The van der Waals surface area contributed by atoms with E-state index < -0.39 is 5.54 Å². The van der Waals surface area contributed by atoms with E-state index in [0.717, 1.165) is 38.9 Å². The number of esters is 1. The third-order valence-electron chi connectivity index (χ3n) is 4.15. The van der Waals surface area contributed by atoms with Crippen molar-refractivity contribution in [2.75, 3.05) is 26.7 Å². The summed E-state index contributed by atoms with van der Waals surface area (Å²) < 4.78 is 5.02. The first-order valence-corrected chi connectivity index (χ1v) is 7.21. The largest absolute Gasteiger partial charge is 0.468 e. The molecule has 0 aliphatic heterocycles. The van der Waals surface area contributed by atoms with E-state index in [4.69, 9.17) is 4.74 Å². The molecule has 1 saturated carbocycles. The summed E-state index contributed by atoms with van der Waals surface area (Å²) in [6.07, 6.45) is 4.04. The van der Waals surface area contributed by atoms with Crippen molar-refractivity contribution in [3.63, 3.8) is 0 Å². The molecule has 0 bridgehead atoms. The van der Waals surface area contributed by atoms with Crippen LogP contribution in [0.15, 0.2) is 0 Å². The van der Waals surface area contributed by atoms with E-state index in [1.165, 1.54) is 13.5 Å². The molecular weight excluding hydrogens is 228 g/mol. The number of methoxy groups -OCH3 is 1. The molecule has 18 heavy (non-hydrogen) atoms. The summed E-state index contributed by atoms with van der Waals surface area (Å²) in [5.41, 5.74) is -0.463. The molecule has 1 aliphatic rings. The molecule has 0 aromatic rings. The van der Waals surface area contributed by atoms with E-state index in [9.17, 15) is 4.79 Å². The normalized spacial score (nSPS) is 28.4. The van der Waals surface area contributed by atoms with E-state index in [1.807, 2.05) is 6.92 Å². The van der Waals surface area contributed by atoms with Crippen LogP contribution in [0.1, 0.15) is 46.5 Å². The molecule has 0 aromatic carbocycles. The van der Waals surface area contributed by atoms with Crippen molar-refractivity contribution in [1.82, 2.24) is 10.2 Å². The molecular formula is C14H28N2O2. The third-order valence-corrected chi connectivity index (χ3v) is 4.15. The Morgan fingerprint density at radius 3 is 2.56 bits per heavy atom. The quantitative estimate of drug-likeness (QED) is 0.736. The van der Waals surface area contributed by atoms with Gasteiger partial charge in [-0.3, -0.25) is 4.79 Å². The first-order chi connectivity index (χ1) is 8.63. The molecule has 1 rings (SSSR count). The Bertz CT molecular complexity index is 263. The van der Waals surface area contributed by atoms with Gasteiger partial charge in [-0.15, -0.1) is 0 Å². The molecule has 4 nitrogen and oxygen atoms in total. The van der Waals surface area contributed by atoms with Crippen molar-refractivity contribution in [2.24, 2.45) is 0 Å². The molecule has 0 aromatic heterocycles. The van der Waals surface area contributed by atoms with Crippen molar-refractivity contribution in [3.8, 4) is 0 Å². The van der Waals surface area contributed by atoms with Gasteiger partial charge in [0.1, 0.15) is 5.54 Å². The lowest BCUT2D eigenvalue weighted by Crippen LogP contribution is -2.58. The van der Waals surface area contributed by atoms with Crippen LogP contribution in [0.3, 0.4) is 0 Å². The lowest BCUT2D eigenvalue weighted by atomic mass is 9.78. The molecule has 106 valence electrons. The topological polar surface area (TPSA) is 41.6 Å². The Morgan fingerprint density at radius 2 is 2.06 bits per heavy atom. The average molecular weight is 256 g/mol. The van der Waals surface area contributed by atoms with Crippen LogP contribution < -0.4 is 5.32 Å². The standard InChI is InChI=1S/C14H28N2O2/c1-5-15-14(13(17)18-4)10-8-9-12(11-14)16(6-2)7-3/h12,15H,5-11H2,1-4H3. The molecule has 1 N–H and O–H groups in total. The molecule has 0 spiro atoms. The Hall–Kier alpha value is -0.610. The van der Waals surface area contributed by atoms with E-state index in [0.29, 0.717) is 6.04 Å². The van der Waals surface area contributed by atoms with Gasteiger partial charge in [0.15, 0.2) is 0 Å². The first-order valence-electron chi connectivity index (χ1n) is 7.21. The molecule has 2 unspecified atom stereocenters. The predicted octanol–water partition coefficient (Wildman–Crippen LogP) is 1.79. The van der Waals surface area contributed by atoms with E-state index >= 15 is 0 Å². The van der Waals surface area contributed by atoms with Gasteiger partial charge >= 0.3 is 5.97 Å². The van der Waals surface area contributed by atoms with Gasteiger partial charge in [0, 0.05) is 6.04 Å². The Labute approximate surface area is 111 Å². The van der Waals surface area contributed by atoms with Crippen LogP contribution in [0.2, 0.25) is 0 Å². The number of ether oxygens (including phenoxy) is 1. The van der Waals surface area contributed by atoms with Gasteiger partial charge in [0.25, 0.3) is 0 Å². The minimum Gasteiger partial charge on any atom is -0.468 e. The fourth-order valence-electron chi connectivity index (χ4n) is 3.25. The SMILES string of the molecule is CCNC1(C(=O)OC)CCCC(N(CC)CC)C1. The summed E-state index contributed by atoms with van der Waals surface area (Å²) >= 11 is 0. The molecule has 1 aliphatic carbocycles. The summed E-state index contributed by atoms with van der Waals surface area (Å²) in [5.74, 6) is -0.0961. The number of hydrogen-bond donors (Lipinski definition) is 1. The van der Waals surface area contributed by atoms with Crippen molar-refractivity contribution >= 4 is 5.97 Å². The molecule has 4 heteroatoms. The summed E-state index contributed by atoms with van der Waals surface area (Å²) in [6.45, 7) is 9.32. The minimum atomic E-state index is -0.463. The number of carbonyl (C=O) groups is 1. The number of carbonyl (C=O) groups excluding carboxylic acids is 1. The molecule has 0 saturated heterocycles. The Kier molecular flexibility index (Phi) is 6.09. The maximum absolute atomic E-state index is 12.1. The van der Waals surface area contributed by atoms with Crippen molar-refractivity contribution in [2.45, 2.75) is 58.0 Å². The predicted molar refractivity (Wildman–Crippen MR) is 73.6 cm³/mol. The second-order valence-electron chi connectivity index (χ2n) is 5.08.